The van der Waals surface area contributed by atoms with E-state index in [-0.39, 0.29) is 0 Å². The molecule has 15 heavy (non-hydrogen) atoms. The molecule has 0 aliphatic carbocycles. The molecule has 6 heteroatoms. The maximum Gasteiger partial charge on any atom is 0.255 e. The molecule has 0 unspecified atom stereocenters. The molecule has 0 aromatic carbocycles. The summed E-state index contributed by atoms with van der Waals surface area (Å²) in [5, 5.41) is 0. The summed E-state index contributed by atoms with van der Waals surface area (Å²) in [7, 11) is 0. The highest BCUT2D eigenvalue weighted by Gasteiger charge is 2.01. The predicted molar refractivity (Wildman–Crippen MR) is 61.3 cm³/mol. The smallest absolute Gasteiger partial charge is 0.224 e. The van der Waals surface area contributed by atoms with Gasteiger partial charge in [-0.2, -0.15) is 15.0 Å². The lowest BCUT2D eigenvalue weighted by molar-refractivity contribution is 1.02. The van der Waals surface area contributed by atoms with E-state index in [9.17, 15) is 0 Å². The van der Waals surface area contributed by atoms with Crippen molar-refractivity contribution in [3.05, 3.63) is 0 Å². The largest absolute Gasteiger partial charge is 0.255 e. The molecule has 6 nitrogen and oxygen atoms in total. The van der Waals surface area contributed by atoms with Crippen molar-refractivity contribution in [3.8, 4) is 0 Å². The fraction of sp³-hybridized carbons (Fsp3) is 0.333. The summed E-state index contributed by atoms with van der Waals surface area (Å²) in [6, 6.07) is 0. The Kier molecular flexibility index (Phi) is 4.21. The van der Waals surface area contributed by atoms with Gasteiger partial charge in [0, 0.05) is 18.6 Å². The number of rotatable bonds is 3. The second-order valence-electron chi connectivity index (χ2n) is 2.40. The first-order chi connectivity index (χ1) is 7.30. The molecule has 1 rings (SSSR count). The average molecular weight is 204 g/mol. The van der Waals surface area contributed by atoms with Gasteiger partial charge in [-0.3, -0.25) is 0 Å². The number of hydrogen-bond acceptors (Lipinski definition) is 6. The Morgan fingerprint density at radius 3 is 1.13 bits per heavy atom. The summed E-state index contributed by atoms with van der Waals surface area (Å²) in [6.07, 6.45) is 4.82. The third-order valence-electron chi connectivity index (χ3n) is 1.33. The average Bonchev–Trinajstić information content (AvgIpc) is 2.19. The molecular weight excluding hydrogens is 192 g/mol. The van der Waals surface area contributed by atoms with Crippen LogP contribution in [0.3, 0.4) is 0 Å². The zero-order chi connectivity index (χ0) is 11.1. The lowest BCUT2D eigenvalue weighted by atomic mass is 10.7. The molecule has 0 atom stereocenters. The van der Waals surface area contributed by atoms with E-state index >= 15 is 0 Å². The van der Waals surface area contributed by atoms with Crippen LogP contribution >= 0.6 is 0 Å². The normalized spacial score (nSPS) is 12.2. The molecule has 0 fully saturated rings. The molecule has 78 valence electrons. The zero-order valence-electron chi connectivity index (χ0n) is 8.92. The fourth-order valence-electron chi connectivity index (χ4n) is 0.863. The van der Waals surface area contributed by atoms with Crippen molar-refractivity contribution in [2.45, 2.75) is 20.8 Å². The van der Waals surface area contributed by atoms with E-state index in [1.54, 1.807) is 39.4 Å². The molecule has 0 amide bonds. The van der Waals surface area contributed by atoms with Gasteiger partial charge in [-0.05, 0) is 20.8 Å². The lowest BCUT2D eigenvalue weighted by Crippen LogP contribution is -1.88. The quantitative estimate of drug-likeness (QED) is 0.707. The van der Waals surface area contributed by atoms with Gasteiger partial charge in [0.05, 0.1) is 0 Å². The van der Waals surface area contributed by atoms with E-state index in [0.29, 0.717) is 17.8 Å². The zero-order valence-corrected chi connectivity index (χ0v) is 8.92. The summed E-state index contributed by atoms with van der Waals surface area (Å²) in [4.78, 5) is 23.9. The Bertz CT molecular complexity index is 333. The minimum atomic E-state index is 0.314. The molecule has 0 saturated carbocycles. The summed E-state index contributed by atoms with van der Waals surface area (Å²) >= 11 is 0. The summed E-state index contributed by atoms with van der Waals surface area (Å²) in [5.74, 6) is 0.941. The first kappa shape index (κ1) is 11.1. The minimum absolute atomic E-state index is 0.314. The van der Waals surface area contributed by atoms with E-state index in [2.05, 4.69) is 29.9 Å². The van der Waals surface area contributed by atoms with Crippen LogP contribution in [0.1, 0.15) is 20.8 Å². The molecule has 0 aliphatic heterocycles. The van der Waals surface area contributed by atoms with Gasteiger partial charge in [-0.25, -0.2) is 15.0 Å². The van der Waals surface area contributed by atoms with Crippen LogP contribution in [0.25, 0.3) is 0 Å². The van der Waals surface area contributed by atoms with Crippen LogP contribution in [-0.2, 0) is 0 Å². The number of nitrogens with zero attached hydrogens (tertiary/aromatic N) is 6. The van der Waals surface area contributed by atoms with Crippen molar-refractivity contribution in [1.82, 2.24) is 15.0 Å². The molecule has 1 aromatic rings. The van der Waals surface area contributed by atoms with Gasteiger partial charge in [-0.1, -0.05) is 0 Å². The molecule has 0 radical (unpaired) electrons. The summed E-state index contributed by atoms with van der Waals surface area (Å²) in [6.45, 7) is 5.36. The highest BCUT2D eigenvalue weighted by Crippen LogP contribution is 2.14. The van der Waals surface area contributed by atoms with E-state index in [4.69, 9.17) is 0 Å². The van der Waals surface area contributed by atoms with Gasteiger partial charge in [0.15, 0.2) is 0 Å². The third kappa shape index (κ3) is 3.34. The molecule has 1 heterocycles. The van der Waals surface area contributed by atoms with Crippen LogP contribution in [0.15, 0.2) is 15.0 Å². The topological polar surface area (TPSA) is 75.8 Å². The lowest BCUT2D eigenvalue weighted by Gasteiger charge is -1.96. The van der Waals surface area contributed by atoms with Crippen molar-refractivity contribution in [2.24, 2.45) is 15.0 Å². The highest BCUT2D eigenvalue weighted by atomic mass is 15.2. The monoisotopic (exact) mass is 204 g/mol. The van der Waals surface area contributed by atoms with Crippen LogP contribution in [0.5, 0.6) is 0 Å². The number of aliphatic imine (C=N–C) groups is 3. The fourth-order valence-corrected chi connectivity index (χ4v) is 0.863. The van der Waals surface area contributed by atoms with Crippen LogP contribution in [0.2, 0.25) is 0 Å². The number of aromatic nitrogens is 3. The van der Waals surface area contributed by atoms with Gasteiger partial charge < -0.3 is 0 Å². The molecule has 0 saturated heterocycles. The van der Waals surface area contributed by atoms with Gasteiger partial charge >= 0.3 is 0 Å². The summed E-state index contributed by atoms with van der Waals surface area (Å²) < 4.78 is 0. The highest BCUT2D eigenvalue weighted by molar-refractivity contribution is 5.61. The number of hydrogen-bond donors (Lipinski definition) is 0. The van der Waals surface area contributed by atoms with Gasteiger partial charge in [0.25, 0.3) is 17.8 Å². The first-order valence-electron chi connectivity index (χ1n) is 4.52. The van der Waals surface area contributed by atoms with Crippen LogP contribution < -0.4 is 0 Å². The summed E-state index contributed by atoms with van der Waals surface area (Å²) in [5.41, 5.74) is 0. The maximum absolute atomic E-state index is 4.00. The standard InChI is InChI=1S/C9H12N6/c1-4-10-7-13-8(11-5-2)15-9(14-7)12-6-3/h4-6H,1-3H3. The Labute approximate surface area is 88.0 Å². The van der Waals surface area contributed by atoms with E-state index < -0.39 is 0 Å². The van der Waals surface area contributed by atoms with Crippen LogP contribution in [0, 0.1) is 0 Å². The van der Waals surface area contributed by atoms with Crippen molar-refractivity contribution < 1.29 is 0 Å². The van der Waals surface area contributed by atoms with E-state index in [1.807, 2.05) is 0 Å². The second-order valence-corrected chi connectivity index (χ2v) is 2.40. The predicted octanol–water partition coefficient (Wildman–Crippen LogP) is 2.04. The van der Waals surface area contributed by atoms with Crippen molar-refractivity contribution in [2.75, 3.05) is 0 Å². The molecule has 0 spiro atoms. The molecular formula is C9H12N6. The second kappa shape index (κ2) is 5.69. The van der Waals surface area contributed by atoms with Crippen molar-refractivity contribution >= 4 is 36.5 Å². The SMILES string of the molecule is CC=Nc1nc(N=CC)nc(N=CC)n1. The molecule has 0 bridgehead atoms. The third-order valence-corrected chi connectivity index (χ3v) is 1.33. The Morgan fingerprint density at radius 1 is 0.667 bits per heavy atom. The molecule has 1 aromatic heterocycles. The van der Waals surface area contributed by atoms with Crippen molar-refractivity contribution in [1.29, 1.82) is 0 Å². The van der Waals surface area contributed by atoms with Gasteiger partial charge in [-0.15, -0.1) is 0 Å². The van der Waals surface area contributed by atoms with E-state index in [0.717, 1.165) is 0 Å². The van der Waals surface area contributed by atoms with Gasteiger partial charge in [0.1, 0.15) is 0 Å². The van der Waals surface area contributed by atoms with Crippen LogP contribution in [0.4, 0.5) is 17.8 Å². The first-order valence-corrected chi connectivity index (χ1v) is 4.52. The Hall–Kier alpha value is -1.98. The maximum atomic E-state index is 4.00. The molecule has 0 N–H and O–H groups in total. The molecule has 0 aliphatic rings. The Morgan fingerprint density at radius 2 is 0.933 bits per heavy atom. The van der Waals surface area contributed by atoms with E-state index in [1.165, 1.54) is 0 Å². The Balaban J connectivity index is 3.19. The minimum Gasteiger partial charge on any atom is -0.224 e. The van der Waals surface area contributed by atoms with Crippen LogP contribution in [-0.4, -0.2) is 33.6 Å². The van der Waals surface area contributed by atoms with Gasteiger partial charge in [0.2, 0.25) is 0 Å². The van der Waals surface area contributed by atoms with Crippen molar-refractivity contribution in [3.63, 3.8) is 0 Å².